The largest absolute Gasteiger partial charge is 0.486 e. The van der Waals surface area contributed by atoms with Crippen LogP contribution in [0.2, 0.25) is 0 Å². The molecule has 7 nitrogen and oxygen atoms in total. The Morgan fingerprint density at radius 3 is 2.30 bits per heavy atom. The number of β-amino-alcohol motifs (C(OH)–C–C–N with tert-alkyl or cyclic N) is 1. The molecule has 0 amide bonds. The Kier molecular flexibility index (Phi) is 6.37. The van der Waals surface area contributed by atoms with Crippen molar-refractivity contribution < 1.29 is 49.7 Å². The Morgan fingerprint density at radius 2 is 1.79 bits per heavy atom. The molecule has 3 rings (SSSR count). The van der Waals surface area contributed by atoms with Crippen molar-refractivity contribution in [1.29, 1.82) is 0 Å². The smallest absolute Gasteiger partial charge is 0.415 e. The van der Waals surface area contributed by atoms with E-state index in [-0.39, 0.29) is 0 Å². The van der Waals surface area contributed by atoms with Crippen LogP contribution in [-0.2, 0) is 16.2 Å². The van der Waals surface area contributed by atoms with Crippen LogP contribution in [0.25, 0.3) is 4.85 Å². The van der Waals surface area contributed by atoms with Gasteiger partial charge in [0.1, 0.15) is 17.5 Å². The van der Waals surface area contributed by atoms with Crippen LogP contribution in [-0.4, -0.2) is 54.3 Å². The summed E-state index contributed by atoms with van der Waals surface area (Å²) in [7, 11) is -4.68. The molecule has 1 fully saturated rings. The molecular weight excluding hydrogens is 482 g/mol. The van der Waals surface area contributed by atoms with Gasteiger partial charge in [0, 0.05) is 24.2 Å². The molecular formula is C19H14F6N2O5S. The lowest BCUT2D eigenvalue weighted by Crippen LogP contribution is -2.48. The zero-order valence-electron chi connectivity index (χ0n) is 16.3. The van der Waals surface area contributed by atoms with E-state index in [0.29, 0.717) is 34.6 Å². The second-order valence-electron chi connectivity index (χ2n) is 7.16. The Labute approximate surface area is 183 Å². The normalized spacial score (nSPS) is 21.7. The van der Waals surface area contributed by atoms with Crippen LogP contribution in [0.3, 0.4) is 0 Å². The molecule has 2 aromatic carbocycles. The maximum absolute atomic E-state index is 13.5. The first-order valence-corrected chi connectivity index (χ1v) is 10.4. The first kappa shape index (κ1) is 24.8. The summed E-state index contributed by atoms with van der Waals surface area (Å²) in [6, 6.07) is 2.29. The van der Waals surface area contributed by atoms with Gasteiger partial charge in [-0.25, -0.2) is 26.4 Å². The topological polar surface area (TPSA) is 91.4 Å². The summed E-state index contributed by atoms with van der Waals surface area (Å²) in [5.74, 6) is -5.64. The molecule has 0 saturated carbocycles. The molecule has 0 aromatic heterocycles. The van der Waals surface area contributed by atoms with Gasteiger partial charge in [0.05, 0.1) is 24.6 Å². The van der Waals surface area contributed by atoms with E-state index in [9.17, 15) is 45.0 Å². The van der Waals surface area contributed by atoms with Gasteiger partial charge in [0.2, 0.25) is 15.7 Å². The molecule has 0 radical (unpaired) electrons. The van der Waals surface area contributed by atoms with Crippen molar-refractivity contribution in [1.82, 2.24) is 4.31 Å². The van der Waals surface area contributed by atoms with E-state index >= 15 is 0 Å². The van der Waals surface area contributed by atoms with Crippen molar-refractivity contribution in [3.63, 3.8) is 0 Å². The van der Waals surface area contributed by atoms with Crippen LogP contribution in [0, 0.1) is 24.0 Å². The Morgan fingerprint density at radius 1 is 1.18 bits per heavy atom. The number of hydrogen-bond acceptors (Lipinski definition) is 5. The monoisotopic (exact) mass is 496 g/mol. The number of halogens is 6. The molecule has 1 aliphatic heterocycles. The first-order valence-electron chi connectivity index (χ1n) is 8.96. The average Bonchev–Trinajstić information content (AvgIpc) is 3.08. The number of aliphatic hydroxyl groups excluding tert-OH is 1. The molecule has 2 atom stereocenters. The van der Waals surface area contributed by atoms with Gasteiger partial charge in [-0.2, -0.15) is 17.5 Å². The fourth-order valence-corrected chi connectivity index (χ4v) is 4.82. The van der Waals surface area contributed by atoms with E-state index in [1.54, 1.807) is 0 Å². The van der Waals surface area contributed by atoms with Gasteiger partial charge >= 0.3 is 6.18 Å². The van der Waals surface area contributed by atoms with Gasteiger partial charge in [-0.3, -0.25) is 0 Å². The van der Waals surface area contributed by atoms with E-state index in [2.05, 4.69) is 4.85 Å². The minimum Gasteiger partial charge on any atom is -0.486 e. The zero-order chi connectivity index (χ0) is 24.8. The van der Waals surface area contributed by atoms with Crippen molar-refractivity contribution in [2.24, 2.45) is 0 Å². The maximum Gasteiger partial charge on any atom is 0.415 e. The average molecular weight is 496 g/mol. The molecule has 14 heteroatoms. The van der Waals surface area contributed by atoms with E-state index in [1.165, 1.54) is 0 Å². The van der Waals surface area contributed by atoms with Gasteiger partial charge < -0.3 is 14.9 Å². The second-order valence-corrected chi connectivity index (χ2v) is 9.07. The highest BCUT2D eigenvalue weighted by Crippen LogP contribution is 2.38. The number of ether oxygens (including phenoxy) is 1. The predicted molar refractivity (Wildman–Crippen MR) is 99.2 cm³/mol. The van der Waals surface area contributed by atoms with Crippen LogP contribution < -0.4 is 4.74 Å². The Hall–Kier alpha value is -2.86. The first-order chi connectivity index (χ1) is 15.2. The van der Waals surface area contributed by atoms with Crippen molar-refractivity contribution in [3.8, 4) is 5.75 Å². The number of nitrogens with zero attached hydrogens (tertiary/aromatic N) is 2. The zero-order valence-corrected chi connectivity index (χ0v) is 17.1. The van der Waals surface area contributed by atoms with Crippen molar-refractivity contribution >= 4 is 15.7 Å². The van der Waals surface area contributed by atoms with Crippen molar-refractivity contribution in [2.75, 3.05) is 19.7 Å². The fourth-order valence-electron chi connectivity index (χ4n) is 3.21. The van der Waals surface area contributed by atoms with Crippen LogP contribution in [0.4, 0.5) is 32.0 Å². The second kappa shape index (κ2) is 8.49. The van der Waals surface area contributed by atoms with Gasteiger partial charge in [-0.1, -0.05) is 12.1 Å². The van der Waals surface area contributed by atoms with Crippen LogP contribution in [0.5, 0.6) is 5.75 Å². The molecule has 1 heterocycles. The summed E-state index contributed by atoms with van der Waals surface area (Å²) in [6.45, 7) is 4.46. The number of aliphatic hydroxyl groups is 2. The molecule has 1 aliphatic rings. The maximum atomic E-state index is 13.5. The summed E-state index contributed by atoms with van der Waals surface area (Å²) in [5, 5.41) is 20.2. The highest BCUT2D eigenvalue weighted by atomic mass is 32.2. The molecule has 0 aliphatic carbocycles. The highest BCUT2D eigenvalue weighted by Gasteiger charge is 2.51. The van der Waals surface area contributed by atoms with Crippen molar-refractivity contribution in [3.05, 3.63) is 64.8 Å². The molecule has 33 heavy (non-hydrogen) atoms. The summed E-state index contributed by atoms with van der Waals surface area (Å²) in [5.41, 5.74) is -4.37. The van der Waals surface area contributed by atoms with E-state index in [1.807, 2.05) is 0 Å². The third-order valence-corrected chi connectivity index (χ3v) is 6.81. The summed E-state index contributed by atoms with van der Waals surface area (Å²) < 4.78 is 111. The minimum absolute atomic E-state index is 0.353. The fraction of sp³-hybridized carbons (Fsp3) is 0.316. The van der Waals surface area contributed by atoms with E-state index in [0.717, 1.165) is 0 Å². The van der Waals surface area contributed by atoms with Crippen LogP contribution in [0.15, 0.2) is 35.2 Å². The molecule has 0 bridgehead atoms. The molecule has 0 spiro atoms. The lowest BCUT2D eigenvalue weighted by atomic mass is 10.0. The summed E-state index contributed by atoms with van der Waals surface area (Å²) in [4.78, 5) is 2.05. The molecule has 178 valence electrons. The van der Waals surface area contributed by atoms with Crippen LogP contribution >= 0.6 is 0 Å². The Bertz CT molecular complexity index is 1210. The molecule has 2 aromatic rings. The minimum atomic E-state index is -4.83. The molecule has 0 unspecified atom stereocenters. The van der Waals surface area contributed by atoms with Crippen LogP contribution in [0.1, 0.15) is 5.56 Å². The van der Waals surface area contributed by atoms with Gasteiger partial charge in [0.25, 0.3) is 0 Å². The van der Waals surface area contributed by atoms with Gasteiger partial charge in [-0.15, -0.1) is 0 Å². The van der Waals surface area contributed by atoms with Gasteiger partial charge in [0.15, 0.2) is 17.5 Å². The number of sulfonamides is 1. The predicted octanol–water partition coefficient (Wildman–Crippen LogP) is 2.85. The number of benzene rings is 2. The Balaban J connectivity index is 1.95. The number of hydrogen-bond donors (Lipinski definition) is 2. The number of rotatable bonds is 5. The highest BCUT2D eigenvalue weighted by molar-refractivity contribution is 7.89. The van der Waals surface area contributed by atoms with E-state index < -0.39 is 86.9 Å². The quantitative estimate of drug-likeness (QED) is 0.378. The van der Waals surface area contributed by atoms with Crippen molar-refractivity contribution in [2.45, 2.75) is 22.8 Å². The molecule has 2 N–H and O–H groups in total. The summed E-state index contributed by atoms with van der Waals surface area (Å²) in [6.07, 6.45) is -6.43. The SMILES string of the molecule is [C-]#[N+]c1cc(C(F)(F)F)ccc1S(=O)(=O)N1C[C@H](Oc2cc(F)c(F)c(F)c2)[C@](O)(CO)C1. The lowest BCUT2D eigenvalue weighted by molar-refractivity contribution is -0.137. The standard InChI is InChI=1S/C19H14F6N2O5S/c1-26-14-4-10(19(23,24)25)2-3-15(14)33(30,31)27-7-16(18(29,8-27)9-28)32-11-5-12(20)17(22)13(21)6-11/h2-6,16,28-29H,7-9H2/t16-,18+/m0/s1. The molecule has 1 saturated heterocycles. The summed E-state index contributed by atoms with van der Waals surface area (Å²) >= 11 is 0. The third-order valence-electron chi connectivity index (χ3n) is 4.95. The third kappa shape index (κ3) is 4.62. The van der Waals surface area contributed by atoms with E-state index in [4.69, 9.17) is 11.3 Å². The number of alkyl halides is 3. The van der Waals surface area contributed by atoms with Gasteiger partial charge in [-0.05, 0) is 6.07 Å². The lowest BCUT2D eigenvalue weighted by Gasteiger charge is -2.27.